The molecule has 84 valence electrons. The molecule has 0 unspecified atom stereocenters. The molecule has 1 aromatic carbocycles. The lowest BCUT2D eigenvalue weighted by Gasteiger charge is -2.07. The van der Waals surface area contributed by atoms with Gasteiger partial charge < -0.3 is 5.32 Å². The number of nitrogens with one attached hydrogen (secondary N) is 1. The van der Waals surface area contributed by atoms with E-state index < -0.39 is 0 Å². The minimum Gasteiger partial charge on any atom is -0.346 e. The molecule has 0 amide bonds. The maximum Gasteiger partial charge on any atom is 0.245 e. The Kier molecular flexibility index (Phi) is 3.41. The lowest BCUT2D eigenvalue weighted by molar-refractivity contribution is 0.867. The third kappa shape index (κ3) is 2.71. The second-order valence-electron chi connectivity index (χ2n) is 3.90. The van der Waals surface area contributed by atoms with Crippen LogP contribution in [0.15, 0.2) is 35.1 Å². The van der Waals surface area contributed by atoms with Crippen LogP contribution in [0.3, 0.4) is 0 Å². The van der Waals surface area contributed by atoms with Crippen molar-refractivity contribution in [2.24, 2.45) is 0 Å². The van der Waals surface area contributed by atoms with Gasteiger partial charge in [-0.15, -0.1) is 0 Å². The second-order valence-corrected chi connectivity index (χ2v) is 6.07. The lowest BCUT2D eigenvalue weighted by atomic mass is 10.0. The van der Waals surface area contributed by atoms with Crippen LogP contribution in [0, 0.1) is 0 Å². The lowest BCUT2D eigenvalue weighted by Crippen LogP contribution is -1.91. The molecule has 2 rings (SSSR count). The first kappa shape index (κ1) is 11.4. The van der Waals surface area contributed by atoms with E-state index in [-0.39, 0.29) is 4.74 Å². The average molecular weight is 251 g/mol. The van der Waals surface area contributed by atoms with Crippen LogP contribution in [0.25, 0.3) is 0 Å². The summed E-state index contributed by atoms with van der Waals surface area (Å²) >= 11 is 0. The zero-order valence-electron chi connectivity index (χ0n) is 9.19. The molecule has 0 bridgehead atoms. The molecule has 16 heavy (non-hydrogen) atoms. The normalized spacial score (nSPS) is 10.7. The zero-order chi connectivity index (χ0) is 11.5. The highest BCUT2D eigenvalue weighted by atomic mass is 32.9. The molecule has 0 aliphatic heterocycles. The van der Waals surface area contributed by atoms with Crippen LogP contribution in [0.1, 0.15) is 25.3 Å². The van der Waals surface area contributed by atoms with Crippen LogP contribution in [-0.4, -0.2) is 0 Å². The van der Waals surface area contributed by atoms with Crippen molar-refractivity contribution in [3.63, 3.8) is 0 Å². The van der Waals surface area contributed by atoms with Crippen molar-refractivity contribution in [3.8, 4) is 0 Å². The SMILES string of the molecule is CC(C)c1ccc(Nc2cc(=O)ss2)cc1. The van der Waals surface area contributed by atoms with E-state index in [2.05, 4.69) is 31.3 Å². The Labute approximate surface area is 102 Å². The van der Waals surface area contributed by atoms with Crippen molar-refractivity contribution in [3.05, 3.63) is 45.4 Å². The van der Waals surface area contributed by atoms with E-state index in [0.29, 0.717) is 5.92 Å². The highest BCUT2D eigenvalue weighted by Crippen LogP contribution is 2.23. The van der Waals surface area contributed by atoms with E-state index in [0.717, 1.165) is 10.7 Å². The van der Waals surface area contributed by atoms with Gasteiger partial charge in [-0.1, -0.05) is 36.3 Å². The van der Waals surface area contributed by atoms with Gasteiger partial charge in [0.25, 0.3) is 0 Å². The molecule has 1 heterocycles. The Morgan fingerprint density at radius 3 is 2.31 bits per heavy atom. The first-order valence-corrected chi connectivity index (χ1v) is 7.27. The highest BCUT2D eigenvalue weighted by Gasteiger charge is 2.01. The van der Waals surface area contributed by atoms with Gasteiger partial charge in [-0.05, 0) is 34.0 Å². The monoisotopic (exact) mass is 251 g/mol. The van der Waals surface area contributed by atoms with Crippen LogP contribution >= 0.6 is 20.7 Å². The molecule has 0 radical (unpaired) electrons. The average Bonchev–Trinajstić information content (AvgIpc) is 2.65. The summed E-state index contributed by atoms with van der Waals surface area (Å²) in [5, 5.41) is 4.13. The Hall–Kier alpha value is -1.13. The Bertz CT molecular complexity index is 510. The zero-order valence-corrected chi connectivity index (χ0v) is 10.8. The Morgan fingerprint density at radius 1 is 1.12 bits per heavy atom. The third-order valence-electron chi connectivity index (χ3n) is 2.31. The molecule has 2 nitrogen and oxygen atoms in total. The van der Waals surface area contributed by atoms with Gasteiger partial charge in [-0.3, -0.25) is 4.79 Å². The maximum absolute atomic E-state index is 11.0. The molecular weight excluding hydrogens is 238 g/mol. The number of anilines is 2. The van der Waals surface area contributed by atoms with Crippen molar-refractivity contribution in [1.29, 1.82) is 0 Å². The number of rotatable bonds is 3. The minimum absolute atomic E-state index is 0.103. The van der Waals surface area contributed by atoms with E-state index in [1.807, 2.05) is 12.1 Å². The predicted molar refractivity (Wildman–Crippen MR) is 72.3 cm³/mol. The molecule has 0 atom stereocenters. The van der Waals surface area contributed by atoms with Gasteiger partial charge in [0.2, 0.25) is 4.74 Å². The predicted octanol–water partition coefficient (Wildman–Crippen LogP) is 4.04. The van der Waals surface area contributed by atoms with Gasteiger partial charge in [0.05, 0.1) is 0 Å². The van der Waals surface area contributed by atoms with Gasteiger partial charge in [0.1, 0.15) is 5.00 Å². The van der Waals surface area contributed by atoms with E-state index in [9.17, 15) is 4.79 Å². The second kappa shape index (κ2) is 4.80. The van der Waals surface area contributed by atoms with Crippen molar-refractivity contribution in [1.82, 2.24) is 0 Å². The highest BCUT2D eigenvalue weighted by molar-refractivity contribution is 7.70. The summed E-state index contributed by atoms with van der Waals surface area (Å²) in [6.45, 7) is 4.35. The summed E-state index contributed by atoms with van der Waals surface area (Å²) in [7, 11) is 2.73. The fourth-order valence-corrected chi connectivity index (χ4v) is 3.05. The van der Waals surface area contributed by atoms with E-state index >= 15 is 0 Å². The quantitative estimate of drug-likeness (QED) is 0.834. The van der Waals surface area contributed by atoms with Crippen molar-refractivity contribution >= 4 is 31.4 Å². The molecule has 0 saturated carbocycles. The number of hydrogen-bond acceptors (Lipinski definition) is 4. The molecule has 0 spiro atoms. The maximum atomic E-state index is 11.0. The molecule has 0 saturated heterocycles. The minimum atomic E-state index is 0.103. The fourth-order valence-electron chi connectivity index (χ4n) is 1.39. The van der Waals surface area contributed by atoms with Crippen molar-refractivity contribution < 1.29 is 0 Å². The molecule has 0 aliphatic rings. The molecular formula is C12H13NOS2. The van der Waals surface area contributed by atoms with Crippen LogP contribution in [0.4, 0.5) is 10.7 Å². The van der Waals surface area contributed by atoms with E-state index in [4.69, 9.17) is 0 Å². The summed E-state index contributed by atoms with van der Waals surface area (Å²) in [6, 6.07) is 9.95. The van der Waals surface area contributed by atoms with Crippen LogP contribution in [0.5, 0.6) is 0 Å². The first-order valence-electron chi connectivity index (χ1n) is 5.12. The Balaban J connectivity index is 2.14. The van der Waals surface area contributed by atoms with Gasteiger partial charge in [0.15, 0.2) is 0 Å². The third-order valence-corrected chi connectivity index (χ3v) is 4.35. The van der Waals surface area contributed by atoms with Gasteiger partial charge in [-0.2, -0.15) is 0 Å². The summed E-state index contributed by atoms with van der Waals surface area (Å²) < 4.78 is 0.103. The molecule has 0 aliphatic carbocycles. The van der Waals surface area contributed by atoms with Crippen molar-refractivity contribution in [2.75, 3.05) is 5.32 Å². The molecule has 1 N–H and O–H groups in total. The first-order chi connectivity index (χ1) is 7.65. The summed E-state index contributed by atoms with van der Waals surface area (Å²) in [4.78, 5) is 11.0. The number of hydrogen-bond donors (Lipinski definition) is 1. The summed E-state index contributed by atoms with van der Waals surface area (Å²) in [5.41, 5.74) is 2.35. The van der Waals surface area contributed by atoms with Gasteiger partial charge in [0, 0.05) is 11.8 Å². The fraction of sp³-hybridized carbons (Fsp3) is 0.250. The molecule has 1 aromatic heterocycles. The smallest absolute Gasteiger partial charge is 0.245 e. The topological polar surface area (TPSA) is 29.1 Å². The summed E-state index contributed by atoms with van der Waals surface area (Å²) in [5.74, 6) is 0.547. The molecule has 4 heteroatoms. The Morgan fingerprint density at radius 2 is 1.81 bits per heavy atom. The molecule has 2 aromatic rings. The van der Waals surface area contributed by atoms with E-state index in [1.54, 1.807) is 6.07 Å². The molecule has 0 fully saturated rings. The standard InChI is InChI=1S/C12H13NOS2/c1-8(2)9-3-5-10(6-4-9)13-11-7-12(14)16-15-11/h3-8,13H,1-2H3. The largest absolute Gasteiger partial charge is 0.346 e. The summed E-state index contributed by atoms with van der Waals surface area (Å²) in [6.07, 6.45) is 0. The van der Waals surface area contributed by atoms with Crippen LogP contribution in [0.2, 0.25) is 0 Å². The van der Waals surface area contributed by atoms with Crippen LogP contribution in [-0.2, 0) is 0 Å². The number of benzene rings is 1. The van der Waals surface area contributed by atoms with E-state index in [1.165, 1.54) is 26.2 Å². The van der Waals surface area contributed by atoms with Crippen LogP contribution < -0.4 is 10.1 Å². The van der Waals surface area contributed by atoms with Crippen molar-refractivity contribution in [2.45, 2.75) is 19.8 Å². The van der Waals surface area contributed by atoms with Gasteiger partial charge in [-0.25, -0.2) is 0 Å². The van der Waals surface area contributed by atoms with Gasteiger partial charge >= 0.3 is 0 Å².